The van der Waals surface area contributed by atoms with E-state index in [0.29, 0.717) is 0 Å². The normalized spacial score (nSPS) is 12.0. The van der Waals surface area contributed by atoms with Gasteiger partial charge in [-0.15, -0.1) is 22.7 Å². The molecule has 0 saturated carbocycles. The average molecular weight is 644 g/mol. The fraction of sp³-hybridized carbons (Fsp3) is 0. The number of benzene rings is 6. The highest BCUT2D eigenvalue weighted by atomic mass is 32.1. The molecule has 9 aromatic rings. The third-order valence-corrected chi connectivity index (χ3v) is 14.1. The summed E-state index contributed by atoms with van der Waals surface area (Å²) in [4.78, 5) is 4.63. The van der Waals surface area contributed by atoms with Crippen molar-refractivity contribution in [2.24, 2.45) is 0 Å². The van der Waals surface area contributed by atoms with Crippen molar-refractivity contribution in [2.75, 3.05) is 0 Å². The van der Waals surface area contributed by atoms with Gasteiger partial charge in [-0.3, -0.25) is 4.98 Å². The molecule has 5 heteroatoms. The van der Waals surface area contributed by atoms with Gasteiger partial charge in [-0.1, -0.05) is 103 Å². The summed E-state index contributed by atoms with van der Waals surface area (Å²) in [7, 11) is -3.13. The van der Waals surface area contributed by atoms with Crippen molar-refractivity contribution >= 4 is 86.1 Å². The molecule has 0 saturated heterocycles. The monoisotopic (exact) mass is 643 g/mol. The Bertz CT molecular complexity index is 2580. The molecule has 0 bridgehead atoms. The fourth-order valence-corrected chi connectivity index (χ4v) is 11.4. The molecule has 46 heavy (non-hydrogen) atoms. The SMILES string of the molecule is O=P(c1ccccc1)(c1ccccc1)c1cncc(-c2ccc3sc4ccc(-c5ccc6c(c5)sc5ccccc56)cc4c3c2)c1. The van der Waals surface area contributed by atoms with E-state index >= 15 is 4.57 Å². The summed E-state index contributed by atoms with van der Waals surface area (Å²) in [6.07, 6.45) is 3.65. The van der Waals surface area contributed by atoms with E-state index in [9.17, 15) is 0 Å². The van der Waals surface area contributed by atoms with Crippen LogP contribution >= 0.6 is 29.8 Å². The second-order valence-corrected chi connectivity index (χ2v) is 16.5. The van der Waals surface area contributed by atoms with Crippen LogP contribution in [0.3, 0.4) is 0 Å². The van der Waals surface area contributed by atoms with E-state index in [0.717, 1.165) is 27.0 Å². The Morgan fingerprint density at radius 3 is 1.61 bits per heavy atom. The van der Waals surface area contributed by atoms with Crippen LogP contribution in [0, 0.1) is 0 Å². The number of thiophene rings is 2. The van der Waals surface area contributed by atoms with E-state index in [1.165, 1.54) is 51.5 Å². The molecule has 0 unspecified atom stereocenters. The van der Waals surface area contributed by atoms with E-state index in [1.54, 1.807) is 6.20 Å². The van der Waals surface area contributed by atoms with Crippen LogP contribution in [0.15, 0.2) is 158 Å². The lowest BCUT2D eigenvalue weighted by Crippen LogP contribution is -2.25. The molecule has 9 rings (SSSR count). The van der Waals surface area contributed by atoms with E-state index in [1.807, 2.05) is 89.5 Å². The van der Waals surface area contributed by atoms with Crippen LogP contribution in [0.1, 0.15) is 0 Å². The number of rotatable bonds is 5. The minimum absolute atomic E-state index is 0.733. The predicted molar refractivity (Wildman–Crippen MR) is 200 cm³/mol. The van der Waals surface area contributed by atoms with Crippen molar-refractivity contribution in [1.29, 1.82) is 0 Å². The molecule has 0 aliphatic heterocycles. The summed E-state index contributed by atoms with van der Waals surface area (Å²) in [5, 5.41) is 7.46. The molecule has 3 heterocycles. The van der Waals surface area contributed by atoms with Crippen LogP contribution < -0.4 is 15.9 Å². The third-order valence-electron chi connectivity index (χ3n) is 8.84. The molecule has 218 valence electrons. The molecular formula is C41H26NOPS2. The van der Waals surface area contributed by atoms with Gasteiger partial charge in [0, 0.05) is 74.2 Å². The van der Waals surface area contributed by atoms with Gasteiger partial charge in [0.2, 0.25) is 0 Å². The van der Waals surface area contributed by atoms with Crippen molar-refractivity contribution in [2.45, 2.75) is 0 Å². The zero-order valence-corrected chi connectivity index (χ0v) is 27.2. The number of hydrogen-bond donors (Lipinski definition) is 0. The molecule has 0 atom stereocenters. The first-order valence-electron chi connectivity index (χ1n) is 15.2. The molecule has 0 N–H and O–H groups in total. The van der Waals surface area contributed by atoms with Crippen LogP contribution in [0.5, 0.6) is 0 Å². The van der Waals surface area contributed by atoms with Crippen molar-refractivity contribution in [3.8, 4) is 22.3 Å². The lowest BCUT2D eigenvalue weighted by Gasteiger charge is -2.20. The molecule has 0 aliphatic rings. The Balaban J connectivity index is 1.15. The largest absolute Gasteiger partial charge is 0.309 e. The van der Waals surface area contributed by atoms with Crippen LogP contribution in [0.4, 0.5) is 0 Å². The summed E-state index contributed by atoms with van der Waals surface area (Å²) in [5.74, 6) is 0. The van der Waals surface area contributed by atoms with Gasteiger partial charge in [0.1, 0.15) is 0 Å². The van der Waals surface area contributed by atoms with Crippen molar-refractivity contribution < 1.29 is 4.57 Å². The fourth-order valence-electron chi connectivity index (χ4n) is 6.52. The van der Waals surface area contributed by atoms with E-state index in [4.69, 9.17) is 0 Å². The molecule has 0 spiro atoms. The predicted octanol–water partition coefficient (Wildman–Crippen LogP) is 10.8. The minimum Gasteiger partial charge on any atom is -0.309 e. The van der Waals surface area contributed by atoms with Crippen molar-refractivity contribution in [1.82, 2.24) is 4.98 Å². The van der Waals surface area contributed by atoms with Crippen LogP contribution in [-0.2, 0) is 4.57 Å². The van der Waals surface area contributed by atoms with Crippen molar-refractivity contribution in [3.05, 3.63) is 158 Å². The maximum atomic E-state index is 15.0. The summed E-state index contributed by atoms with van der Waals surface area (Å²) in [6, 6.07) is 50.6. The Kier molecular flexibility index (Phi) is 6.50. The lowest BCUT2D eigenvalue weighted by molar-refractivity contribution is 0.592. The van der Waals surface area contributed by atoms with Gasteiger partial charge in [-0.25, -0.2) is 0 Å². The Hall–Kier alpha value is -4.86. The summed E-state index contributed by atoms with van der Waals surface area (Å²) >= 11 is 3.67. The minimum atomic E-state index is -3.13. The highest BCUT2D eigenvalue weighted by molar-refractivity contribution is 7.85. The van der Waals surface area contributed by atoms with Crippen LogP contribution in [0.25, 0.3) is 62.6 Å². The Morgan fingerprint density at radius 2 is 0.913 bits per heavy atom. The molecule has 0 amide bonds. The maximum absolute atomic E-state index is 15.0. The standard InChI is InChI=1S/C41H26NOPS2/c43-44(31-9-3-1-4-10-31,32-11-5-2-6-12-32)33-21-30(25-42-26-33)28-17-20-40-37(23-28)36-22-27(16-19-39(36)45-40)29-15-18-35-34-13-7-8-14-38(34)46-41(35)24-29/h1-26H. The van der Waals surface area contributed by atoms with Crippen LogP contribution in [0.2, 0.25) is 0 Å². The van der Waals surface area contributed by atoms with Gasteiger partial charge < -0.3 is 4.57 Å². The number of pyridine rings is 1. The molecule has 0 fully saturated rings. The zero-order chi connectivity index (χ0) is 30.7. The summed E-state index contributed by atoms with van der Waals surface area (Å²) in [5.41, 5.74) is 4.46. The zero-order valence-electron chi connectivity index (χ0n) is 24.6. The molecule has 6 aromatic carbocycles. The summed E-state index contributed by atoms with van der Waals surface area (Å²) in [6.45, 7) is 0. The molecular weight excluding hydrogens is 618 g/mol. The lowest BCUT2D eigenvalue weighted by atomic mass is 10.00. The molecule has 0 radical (unpaired) electrons. The highest BCUT2D eigenvalue weighted by Crippen LogP contribution is 2.44. The van der Waals surface area contributed by atoms with Gasteiger partial charge in [-0.2, -0.15) is 0 Å². The quantitative estimate of drug-likeness (QED) is 0.175. The van der Waals surface area contributed by atoms with E-state index < -0.39 is 7.14 Å². The van der Waals surface area contributed by atoms with Gasteiger partial charge >= 0.3 is 0 Å². The van der Waals surface area contributed by atoms with E-state index in [-0.39, 0.29) is 0 Å². The number of fused-ring (bicyclic) bond motifs is 6. The van der Waals surface area contributed by atoms with Gasteiger partial charge in [0.25, 0.3) is 0 Å². The second-order valence-electron chi connectivity index (χ2n) is 11.5. The van der Waals surface area contributed by atoms with Gasteiger partial charge in [-0.05, 0) is 59.2 Å². The van der Waals surface area contributed by atoms with E-state index in [2.05, 4.69) is 89.9 Å². The van der Waals surface area contributed by atoms with Crippen molar-refractivity contribution in [3.63, 3.8) is 0 Å². The van der Waals surface area contributed by atoms with Crippen LogP contribution in [-0.4, -0.2) is 4.98 Å². The molecule has 0 aliphatic carbocycles. The number of hydrogen-bond acceptors (Lipinski definition) is 4. The summed E-state index contributed by atoms with van der Waals surface area (Å²) < 4.78 is 20.2. The molecule has 2 nitrogen and oxygen atoms in total. The first kappa shape index (κ1) is 27.5. The number of nitrogens with zero attached hydrogens (tertiary/aromatic N) is 1. The van der Waals surface area contributed by atoms with Gasteiger partial charge in [0.05, 0.1) is 0 Å². The Labute approximate surface area is 274 Å². The smallest absolute Gasteiger partial charge is 0.172 e. The van der Waals surface area contributed by atoms with Gasteiger partial charge in [0.15, 0.2) is 7.14 Å². The maximum Gasteiger partial charge on any atom is 0.172 e. The number of aromatic nitrogens is 1. The topological polar surface area (TPSA) is 30.0 Å². The Morgan fingerprint density at radius 1 is 0.391 bits per heavy atom. The molecule has 3 aromatic heterocycles. The first-order chi connectivity index (χ1) is 22.6. The third kappa shape index (κ3) is 4.45. The first-order valence-corrected chi connectivity index (χ1v) is 18.5. The highest BCUT2D eigenvalue weighted by Gasteiger charge is 2.30. The second kappa shape index (κ2) is 10.9. The average Bonchev–Trinajstić information content (AvgIpc) is 3.69.